The van der Waals surface area contributed by atoms with Gasteiger partial charge in [0.05, 0.1) is 6.20 Å². The molecule has 0 aromatic carbocycles. The van der Waals surface area contributed by atoms with E-state index in [-0.39, 0.29) is 10.0 Å². The van der Waals surface area contributed by atoms with Gasteiger partial charge in [0.25, 0.3) is 10.0 Å². The predicted octanol–water partition coefficient (Wildman–Crippen LogP) is 0.624. The molecule has 0 unspecified atom stereocenters. The van der Waals surface area contributed by atoms with Crippen molar-refractivity contribution in [1.82, 2.24) is 20.4 Å². The molecule has 0 fully saturated rings. The molecule has 0 spiro atoms. The van der Waals surface area contributed by atoms with Crippen molar-refractivity contribution in [3.8, 4) is 0 Å². The van der Waals surface area contributed by atoms with E-state index in [9.17, 15) is 8.42 Å². The zero-order valence-electron chi connectivity index (χ0n) is 8.34. The van der Waals surface area contributed by atoms with Crippen LogP contribution in [0.15, 0.2) is 17.3 Å². The minimum Gasteiger partial charge on any atom is -0.284 e. The molecule has 2 aromatic rings. The van der Waals surface area contributed by atoms with Gasteiger partial charge in [0, 0.05) is 6.20 Å². The van der Waals surface area contributed by atoms with Crippen LogP contribution in [0.5, 0.6) is 0 Å². The molecule has 7 nitrogen and oxygen atoms in total. The van der Waals surface area contributed by atoms with Gasteiger partial charge in [0.1, 0.15) is 9.90 Å². The van der Waals surface area contributed by atoms with Crippen molar-refractivity contribution in [2.24, 2.45) is 0 Å². The van der Waals surface area contributed by atoms with Crippen molar-refractivity contribution in [2.45, 2.75) is 18.2 Å². The van der Waals surface area contributed by atoms with Crippen LogP contribution in [-0.4, -0.2) is 28.8 Å². The van der Waals surface area contributed by atoms with E-state index in [0.29, 0.717) is 0 Å². The monoisotopic (exact) mass is 259 g/mol. The van der Waals surface area contributed by atoms with Gasteiger partial charge in [-0.1, -0.05) is 18.3 Å². The summed E-state index contributed by atoms with van der Waals surface area (Å²) in [6.07, 6.45) is 3.25. The number of anilines is 1. The number of H-pyrrole nitrogens is 1. The Morgan fingerprint density at radius 1 is 1.50 bits per heavy atom. The quantitative estimate of drug-likeness (QED) is 0.838. The number of hydrogen-bond donors (Lipinski definition) is 2. The van der Waals surface area contributed by atoms with Gasteiger partial charge >= 0.3 is 0 Å². The number of hydrogen-bond acceptors (Lipinski definition) is 6. The van der Waals surface area contributed by atoms with Crippen molar-refractivity contribution < 1.29 is 8.42 Å². The lowest BCUT2D eigenvalue weighted by Crippen LogP contribution is -2.11. The van der Waals surface area contributed by atoms with E-state index in [0.717, 1.165) is 11.4 Å². The first kappa shape index (κ1) is 11.0. The maximum atomic E-state index is 11.7. The number of nitrogens with zero attached hydrogens (tertiary/aromatic N) is 3. The molecule has 0 aliphatic heterocycles. The third-order valence-electron chi connectivity index (χ3n) is 1.77. The Labute approximate surface area is 96.0 Å². The largest absolute Gasteiger partial charge is 0.284 e. The van der Waals surface area contributed by atoms with Crippen molar-refractivity contribution in [3.63, 3.8) is 0 Å². The van der Waals surface area contributed by atoms with Gasteiger partial charge in [-0.25, -0.2) is 8.42 Å². The van der Waals surface area contributed by atoms with Crippen LogP contribution in [0, 0.1) is 0 Å². The zero-order valence-corrected chi connectivity index (χ0v) is 9.97. The molecule has 0 radical (unpaired) electrons. The fraction of sp³-hybridized carbons (Fsp3) is 0.286. The molecule has 2 heterocycles. The van der Waals surface area contributed by atoms with Crippen LogP contribution in [0.1, 0.15) is 11.9 Å². The average molecular weight is 259 g/mol. The molecule has 0 amide bonds. The summed E-state index contributed by atoms with van der Waals surface area (Å²) in [6, 6.07) is 0. The molecule has 2 aromatic heterocycles. The van der Waals surface area contributed by atoms with Gasteiger partial charge in [0.15, 0.2) is 0 Å². The minimum atomic E-state index is -3.60. The summed E-state index contributed by atoms with van der Waals surface area (Å²) in [5, 5.41) is 14.6. The molecule has 0 bridgehead atoms. The second-order valence-electron chi connectivity index (χ2n) is 2.89. The second-order valence-corrected chi connectivity index (χ2v) is 5.64. The normalized spacial score (nSPS) is 11.6. The highest BCUT2D eigenvalue weighted by Gasteiger charge is 2.17. The van der Waals surface area contributed by atoms with Crippen molar-refractivity contribution in [1.29, 1.82) is 0 Å². The number of aromatic nitrogens is 4. The average Bonchev–Trinajstić information content (AvgIpc) is 2.86. The number of nitrogens with one attached hydrogen (secondary N) is 2. The van der Waals surface area contributed by atoms with Crippen molar-refractivity contribution in [2.75, 3.05) is 4.72 Å². The molecule has 9 heteroatoms. The molecule has 2 N–H and O–H groups in total. The molecule has 86 valence electrons. The molecule has 0 saturated heterocycles. The Kier molecular flexibility index (Phi) is 2.88. The molecule has 2 rings (SSSR count). The topological polar surface area (TPSA) is 101 Å². The third-order valence-corrected chi connectivity index (χ3v) is 4.19. The summed E-state index contributed by atoms with van der Waals surface area (Å²) in [4.78, 5) is 0.0701. The Balaban J connectivity index is 2.21. The summed E-state index contributed by atoms with van der Waals surface area (Å²) in [6.45, 7) is 1.93. The maximum absolute atomic E-state index is 11.7. The van der Waals surface area contributed by atoms with Crippen LogP contribution >= 0.6 is 11.3 Å². The zero-order chi connectivity index (χ0) is 11.6. The van der Waals surface area contributed by atoms with E-state index >= 15 is 0 Å². The Morgan fingerprint density at radius 3 is 2.88 bits per heavy atom. The highest BCUT2D eigenvalue weighted by molar-refractivity contribution is 7.93. The summed E-state index contributed by atoms with van der Waals surface area (Å²) in [7, 11) is -3.60. The number of aromatic amines is 1. The first-order valence-electron chi connectivity index (χ1n) is 4.46. The van der Waals surface area contributed by atoms with Crippen LogP contribution in [-0.2, 0) is 16.4 Å². The first-order chi connectivity index (χ1) is 7.62. The van der Waals surface area contributed by atoms with Crippen molar-refractivity contribution >= 4 is 26.5 Å². The molecule has 0 aliphatic rings. The number of sulfonamides is 1. The second kappa shape index (κ2) is 4.18. The van der Waals surface area contributed by atoms with Gasteiger partial charge in [-0.3, -0.25) is 9.82 Å². The molecule has 0 saturated carbocycles. The highest BCUT2D eigenvalue weighted by Crippen LogP contribution is 2.19. The van der Waals surface area contributed by atoms with Crippen LogP contribution in [0.4, 0.5) is 5.13 Å². The van der Waals surface area contributed by atoms with E-state index in [4.69, 9.17) is 0 Å². The Bertz CT molecular complexity index is 559. The van der Waals surface area contributed by atoms with Crippen LogP contribution in [0.2, 0.25) is 0 Å². The number of rotatable bonds is 4. The molecular weight excluding hydrogens is 250 g/mol. The van der Waals surface area contributed by atoms with E-state index < -0.39 is 10.0 Å². The highest BCUT2D eigenvalue weighted by atomic mass is 32.2. The smallest absolute Gasteiger partial charge is 0.266 e. The molecular formula is C7H9N5O2S2. The lowest BCUT2D eigenvalue weighted by molar-refractivity contribution is 0.601. The summed E-state index contributed by atoms with van der Waals surface area (Å²) < 4.78 is 25.8. The van der Waals surface area contributed by atoms with Gasteiger partial charge < -0.3 is 0 Å². The van der Waals surface area contributed by atoms with Crippen LogP contribution < -0.4 is 4.72 Å². The lowest BCUT2D eigenvalue weighted by atomic mass is 10.5. The van der Waals surface area contributed by atoms with E-state index in [1.807, 2.05) is 6.92 Å². The third kappa shape index (κ3) is 2.19. The van der Waals surface area contributed by atoms with E-state index in [1.54, 1.807) is 0 Å². The van der Waals surface area contributed by atoms with Gasteiger partial charge in [-0.15, -0.1) is 10.2 Å². The first-order valence-corrected chi connectivity index (χ1v) is 6.76. The van der Waals surface area contributed by atoms with Crippen LogP contribution in [0.25, 0.3) is 0 Å². The maximum Gasteiger partial charge on any atom is 0.266 e. The minimum absolute atomic E-state index is 0.0701. The predicted molar refractivity (Wildman–Crippen MR) is 58.7 cm³/mol. The molecule has 0 aliphatic carbocycles. The van der Waals surface area contributed by atoms with E-state index in [2.05, 4.69) is 25.1 Å². The number of aryl methyl sites for hydroxylation is 1. The van der Waals surface area contributed by atoms with Crippen LogP contribution in [0.3, 0.4) is 0 Å². The van der Waals surface area contributed by atoms with E-state index in [1.165, 1.54) is 23.7 Å². The Hall–Kier alpha value is -1.48. The fourth-order valence-electron chi connectivity index (χ4n) is 0.998. The fourth-order valence-corrected chi connectivity index (χ4v) is 2.81. The molecule has 0 atom stereocenters. The van der Waals surface area contributed by atoms with Gasteiger partial charge in [-0.2, -0.15) is 5.10 Å². The van der Waals surface area contributed by atoms with Gasteiger partial charge in [-0.05, 0) is 6.42 Å². The van der Waals surface area contributed by atoms with Crippen molar-refractivity contribution in [3.05, 3.63) is 17.4 Å². The summed E-state index contributed by atoms with van der Waals surface area (Å²) >= 11 is 1.21. The Morgan fingerprint density at radius 2 is 2.31 bits per heavy atom. The summed E-state index contributed by atoms with van der Waals surface area (Å²) in [5.74, 6) is 0. The standard InChI is InChI=1S/C7H9N5O2S2/c1-2-6-10-11-7(15-6)12-16(13,14)5-3-8-9-4-5/h3-4H,2H2,1H3,(H,8,9)(H,11,12). The SMILES string of the molecule is CCc1nnc(NS(=O)(=O)c2cn[nH]c2)s1. The van der Waals surface area contributed by atoms with Gasteiger partial charge in [0.2, 0.25) is 5.13 Å². The lowest BCUT2D eigenvalue weighted by Gasteiger charge is -1.99. The molecule has 16 heavy (non-hydrogen) atoms. The summed E-state index contributed by atoms with van der Waals surface area (Å²) in [5.41, 5.74) is 0.